The van der Waals surface area contributed by atoms with Crippen molar-refractivity contribution in [2.45, 2.75) is 6.42 Å². The Morgan fingerprint density at radius 1 is 1.21 bits per heavy atom. The van der Waals surface area contributed by atoms with E-state index in [-0.39, 0.29) is 18.3 Å². The molecule has 0 radical (unpaired) electrons. The highest BCUT2D eigenvalue weighted by Crippen LogP contribution is 2.31. The summed E-state index contributed by atoms with van der Waals surface area (Å²) in [5.41, 5.74) is 1.71. The van der Waals surface area contributed by atoms with Crippen molar-refractivity contribution < 1.29 is 4.79 Å². The maximum Gasteiger partial charge on any atom is 0.252 e. The molecule has 4 nitrogen and oxygen atoms in total. The molecule has 1 amide bonds. The van der Waals surface area contributed by atoms with Crippen molar-refractivity contribution in [3.05, 3.63) is 63.6 Å². The SMILES string of the molecule is CN(C)CCCN(C(=O)C=Cc1ccccc1Cl)c1nc2ccc(Br)cc2s1.Cl. The zero-order valence-corrected chi connectivity index (χ0v) is 20.1. The Morgan fingerprint density at radius 2 is 1.97 bits per heavy atom. The molecule has 0 fully saturated rings. The van der Waals surface area contributed by atoms with E-state index in [1.807, 2.05) is 56.6 Å². The zero-order valence-electron chi connectivity index (χ0n) is 16.1. The number of anilines is 1. The van der Waals surface area contributed by atoms with E-state index in [4.69, 9.17) is 11.6 Å². The first-order valence-corrected chi connectivity index (χ1v) is 10.9. The Kier molecular flexibility index (Phi) is 9.11. The molecular weight excluding hydrogens is 493 g/mol. The molecule has 2 aromatic carbocycles. The van der Waals surface area contributed by atoms with E-state index in [0.717, 1.165) is 33.2 Å². The van der Waals surface area contributed by atoms with E-state index in [1.165, 1.54) is 11.3 Å². The fraction of sp³-hybridized carbons (Fsp3) is 0.238. The Morgan fingerprint density at radius 3 is 2.69 bits per heavy atom. The highest BCUT2D eigenvalue weighted by atomic mass is 79.9. The second-order valence-corrected chi connectivity index (χ2v) is 8.94. The number of thiazole rings is 1. The average molecular weight is 515 g/mol. The molecule has 29 heavy (non-hydrogen) atoms. The van der Waals surface area contributed by atoms with Gasteiger partial charge in [-0.25, -0.2) is 4.98 Å². The third-order valence-corrected chi connectivity index (χ3v) is 6.01. The summed E-state index contributed by atoms with van der Waals surface area (Å²) in [6, 6.07) is 13.4. The molecule has 3 rings (SSSR count). The van der Waals surface area contributed by atoms with Crippen molar-refractivity contribution in [2.24, 2.45) is 0 Å². The largest absolute Gasteiger partial charge is 0.309 e. The molecule has 0 aliphatic rings. The lowest BCUT2D eigenvalue weighted by molar-refractivity contribution is -0.114. The number of fused-ring (bicyclic) bond motifs is 1. The molecule has 154 valence electrons. The number of carbonyl (C=O) groups excluding carboxylic acids is 1. The number of benzene rings is 2. The van der Waals surface area contributed by atoms with E-state index in [9.17, 15) is 4.79 Å². The van der Waals surface area contributed by atoms with Gasteiger partial charge in [-0.2, -0.15) is 0 Å². The molecular formula is C21H22BrCl2N3OS. The number of carbonyl (C=O) groups is 1. The molecule has 8 heteroatoms. The van der Waals surface area contributed by atoms with Gasteiger partial charge in [-0.1, -0.05) is 57.1 Å². The first kappa shape index (κ1) is 23.8. The topological polar surface area (TPSA) is 36.4 Å². The van der Waals surface area contributed by atoms with Crippen molar-refractivity contribution >= 4 is 78.6 Å². The van der Waals surface area contributed by atoms with Crippen molar-refractivity contribution in [2.75, 3.05) is 32.1 Å². The van der Waals surface area contributed by atoms with Gasteiger partial charge in [0.2, 0.25) is 0 Å². The normalized spacial score (nSPS) is 11.2. The van der Waals surface area contributed by atoms with Crippen LogP contribution >= 0.6 is 51.3 Å². The maximum absolute atomic E-state index is 13.0. The second-order valence-electron chi connectivity index (χ2n) is 6.61. The minimum absolute atomic E-state index is 0. The van der Waals surface area contributed by atoms with Crippen LogP contribution < -0.4 is 4.90 Å². The zero-order chi connectivity index (χ0) is 20.1. The van der Waals surface area contributed by atoms with Gasteiger partial charge in [0, 0.05) is 22.1 Å². The summed E-state index contributed by atoms with van der Waals surface area (Å²) in [4.78, 5) is 21.5. The molecule has 3 aromatic rings. The standard InChI is InChI=1S/C21H21BrClN3OS.ClH/c1-25(2)12-5-13-26(20(27)11-8-15-6-3-4-7-17(15)23)21-24-18-10-9-16(22)14-19(18)28-21;/h3-4,6-11,14H,5,12-13H2,1-2H3;1H. The summed E-state index contributed by atoms with van der Waals surface area (Å²) in [7, 11) is 4.05. The van der Waals surface area contributed by atoms with Crippen LogP contribution in [0.25, 0.3) is 16.3 Å². The molecule has 0 aliphatic heterocycles. The number of amides is 1. The quantitative estimate of drug-likeness (QED) is 0.355. The first-order valence-electron chi connectivity index (χ1n) is 8.89. The highest BCUT2D eigenvalue weighted by Gasteiger charge is 2.18. The second kappa shape index (κ2) is 11.1. The molecule has 0 N–H and O–H groups in total. The molecule has 0 atom stereocenters. The van der Waals surface area contributed by atoms with Crippen LogP contribution in [-0.2, 0) is 4.79 Å². The summed E-state index contributed by atoms with van der Waals surface area (Å²) in [6.45, 7) is 1.50. The first-order chi connectivity index (χ1) is 13.4. The predicted molar refractivity (Wildman–Crippen MR) is 131 cm³/mol. The smallest absolute Gasteiger partial charge is 0.252 e. The number of aromatic nitrogens is 1. The summed E-state index contributed by atoms with van der Waals surface area (Å²) in [6.07, 6.45) is 4.19. The van der Waals surface area contributed by atoms with E-state index in [0.29, 0.717) is 16.7 Å². The highest BCUT2D eigenvalue weighted by molar-refractivity contribution is 9.10. The lowest BCUT2D eigenvalue weighted by atomic mass is 10.2. The number of rotatable bonds is 7. The minimum atomic E-state index is -0.100. The summed E-state index contributed by atoms with van der Waals surface area (Å²) in [5.74, 6) is -0.100. The monoisotopic (exact) mass is 513 g/mol. The fourth-order valence-electron chi connectivity index (χ4n) is 2.71. The number of hydrogen-bond acceptors (Lipinski definition) is 4. The van der Waals surface area contributed by atoms with Gasteiger partial charge < -0.3 is 4.90 Å². The lowest BCUT2D eigenvalue weighted by Gasteiger charge is -2.19. The molecule has 0 spiro atoms. The Hall–Kier alpha value is -1.44. The molecule has 0 bridgehead atoms. The average Bonchev–Trinajstić information content (AvgIpc) is 3.06. The van der Waals surface area contributed by atoms with Crippen molar-refractivity contribution in [1.82, 2.24) is 9.88 Å². The molecule has 0 unspecified atom stereocenters. The number of halogens is 3. The van der Waals surface area contributed by atoms with Gasteiger partial charge in [-0.15, -0.1) is 12.4 Å². The molecule has 0 saturated heterocycles. The van der Waals surface area contributed by atoms with Crippen LogP contribution in [0.3, 0.4) is 0 Å². The van der Waals surface area contributed by atoms with Crippen LogP contribution in [0, 0.1) is 0 Å². The molecule has 0 saturated carbocycles. The minimum Gasteiger partial charge on any atom is -0.309 e. The predicted octanol–water partition coefficient (Wildman–Crippen LogP) is 6.13. The van der Waals surface area contributed by atoms with Gasteiger partial charge >= 0.3 is 0 Å². The Labute approximate surface area is 194 Å². The lowest BCUT2D eigenvalue weighted by Crippen LogP contribution is -2.32. The van der Waals surface area contributed by atoms with Crippen LogP contribution in [0.4, 0.5) is 5.13 Å². The third kappa shape index (κ3) is 6.52. The van der Waals surface area contributed by atoms with Crippen LogP contribution in [0.15, 0.2) is 53.0 Å². The van der Waals surface area contributed by atoms with Crippen LogP contribution in [0.2, 0.25) is 5.02 Å². The summed E-state index contributed by atoms with van der Waals surface area (Å²) >= 11 is 11.2. The van der Waals surface area contributed by atoms with Crippen LogP contribution in [0.5, 0.6) is 0 Å². The van der Waals surface area contributed by atoms with Gasteiger partial charge in [-0.3, -0.25) is 9.69 Å². The number of nitrogens with zero attached hydrogens (tertiary/aromatic N) is 3. The Bertz CT molecular complexity index is 1010. The van der Waals surface area contributed by atoms with E-state index < -0.39 is 0 Å². The van der Waals surface area contributed by atoms with Crippen LogP contribution in [0.1, 0.15) is 12.0 Å². The van der Waals surface area contributed by atoms with Gasteiger partial charge in [0.15, 0.2) is 5.13 Å². The molecule has 1 aromatic heterocycles. The fourth-order valence-corrected chi connectivity index (χ4v) is 4.46. The van der Waals surface area contributed by atoms with E-state index in [1.54, 1.807) is 17.1 Å². The maximum atomic E-state index is 13.0. The van der Waals surface area contributed by atoms with E-state index in [2.05, 4.69) is 25.8 Å². The van der Waals surface area contributed by atoms with Gasteiger partial charge in [0.05, 0.1) is 10.2 Å². The Balaban J connectivity index is 0.00000300. The van der Waals surface area contributed by atoms with E-state index >= 15 is 0 Å². The van der Waals surface area contributed by atoms with Gasteiger partial charge in [0.25, 0.3) is 5.91 Å². The van der Waals surface area contributed by atoms with Crippen LogP contribution in [-0.4, -0.2) is 43.0 Å². The molecule has 1 heterocycles. The van der Waals surface area contributed by atoms with Gasteiger partial charge in [-0.05, 0) is 63.0 Å². The summed E-state index contributed by atoms with van der Waals surface area (Å²) in [5, 5.41) is 1.33. The third-order valence-electron chi connectivity index (χ3n) is 4.13. The summed E-state index contributed by atoms with van der Waals surface area (Å²) < 4.78 is 2.05. The van der Waals surface area contributed by atoms with Crippen molar-refractivity contribution in [3.63, 3.8) is 0 Å². The van der Waals surface area contributed by atoms with Gasteiger partial charge in [0.1, 0.15) is 0 Å². The number of hydrogen-bond donors (Lipinski definition) is 0. The van der Waals surface area contributed by atoms with Crippen molar-refractivity contribution in [1.29, 1.82) is 0 Å². The molecule has 0 aliphatic carbocycles. The van der Waals surface area contributed by atoms with Crippen molar-refractivity contribution in [3.8, 4) is 0 Å².